The lowest BCUT2D eigenvalue weighted by molar-refractivity contribution is -0.388. The monoisotopic (exact) mass is 806 g/mol. The van der Waals surface area contributed by atoms with Crippen LogP contribution in [-0.4, -0.2) is 113 Å². The molecule has 0 aliphatic carbocycles. The van der Waals surface area contributed by atoms with Gasteiger partial charge in [0.25, 0.3) is 11.8 Å². The van der Waals surface area contributed by atoms with Gasteiger partial charge in [-0.05, 0) is 74.1 Å². The van der Waals surface area contributed by atoms with Gasteiger partial charge in [0.1, 0.15) is 12.4 Å². The van der Waals surface area contributed by atoms with Crippen LogP contribution >= 0.6 is 21.6 Å². The Morgan fingerprint density at radius 3 is 2.57 bits per heavy atom. The molecule has 16 nitrogen and oxygen atoms in total. The Hall–Kier alpha value is -5.07. The number of carbonyl (C=O) groups excluding carboxylic acids is 3. The second kappa shape index (κ2) is 17.0. The van der Waals surface area contributed by atoms with Crippen molar-refractivity contribution in [3.63, 3.8) is 0 Å². The molecular weight excluding hydrogens is 765 g/mol. The molecule has 1 unspecified atom stereocenters. The number of aliphatic hydroxyl groups is 1. The lowest BCUT2D eigenvalue weighted by Crippen LogP contribution is -2.51. The van der Waals surface area contributed by atoms with Gasteiger partial charge < -0.3 is 33.9 Å². The summed E-state index contributed by atoms with van der Waals surface area (Å²) in [6.45, 7) is 5.14. The molecule has 0 bridgehead atoms. The third-order valence-electron chi connectivity index (χ3n) is 10.1. The number of nitro groups is 1. The fourth-order valence-corrected chi connectivity index (χ4v) is 9.31. The van der Waals surface area contributed by atoms with E-state index >= 15 is 0 Å². The summed E-state index contributed by atoms with van der Waals surface area (Å²) in [5.41, 5.74) is 1.96. The van der Waals surface area contributed by atoms with Crippen LogP contribution in [0.1, 0.15) is 65.3 Å². The van der Waals surface area contributed by atoms with Crippen LogP contribution in [0.3, 0.4) is 0 Å². The summed E-state index contributed by atoms with van der Waals surface area (Å²) < 4.78 is 23.5. The van der Waals surface area contributed by atoms with Crippen LogP contribution < -0.4 is 19.1 Å². The van der Waals surface area contributed by atoms with Crippen molar-refractivity contribution in [3.05, 3.63) is 69.4 Å². The average Bonchev–Trinajstić information content (AvgIpc) is 3.85. The van der Waals surface area contributed by atoms with Crippen LogP contribution in [-0.2, 0) is 4.74 Å². The number of carbonyl (C=O) groups is 3. The first-order valence-electron chi connectivity index (χ1n) is 18.4. The lowest BCUT2D eigenvalue weighted by Gasteiger charge is -2.32. The SMILES string of the molecule is COc1cc2c(cc1OCCCOc1cc3c(cc1C)C(=O)N1CCC[C@H]1C(O)N3C(=O)OC[C@@H](C)SSc1ncccc1[N+](=O)[O-])N=C[C@@H]1CCCN1C2=O. The van der Waals surface area contributed by atoms with E-state index in [4.69, 9.17) is 18.9 Å². The zero-order valence-corrected chi connectivity index (χ0v) is 32.8. The number of hydrogen-bond donors (Lipinski definition) is 1. The third-order valence-corrected chi connectivity index (χ3v) is 12.9. The van der Waals surface area contributed by atoms with Gasteiger partial charge in [0, 0.05) is 55.4 Å². The van der Waals surface area contributed by atoms with Gasteiger partial charge in [-0.25, -0.2) is 14.7 Å². The predicted octanol–water partition coefficient (Wildman–Crippen LogP) is 6.18. The smallest absolute Gasteiger partial charge is 0.416 e. The van der Waals surface area contributed by atoms with Gasteiger partial charge in [0.2, 0.25) is 0 Å². The molecule has 5 heterocycles. The summed E-state index contributed by atoms with van der Waals surface area (Å²) in [5, 5.41) is 22.9. The number of aliphatic imine (C=N–C) groups is 1. The van der Waals surface area contributed by atoms with E-state index in [1.54, 1.807) is 43.0 Å². The summed E-state index contributed by atoms with van der Waals surface area (Å²) >= 11 is 0. The summed E-state index contributed by atoms with van der Waals surface area (Å²) in [6, 6.07) is 8.86. The number of aryl methyl sites for hydroxylation is 1. The molecule has 3 amide bonds. The van der Waals surface area contributed by atoms with Crippen LogP contribution in [0.2, 0.25) is 0 Å². The summed E-state index contributed by atoms with van der Waals surface area (Å²) in [7, 11) is 3.88. The molecule has 4 aliphatic rings. The molecule has 0 saturated carbocycles. The maximum absolute atomic E-state index is 13.8. The van der Waals surface area contributed by atoms with Gasteiger partial charge in [-0.15, -0.1) is 0 Å². The van der Waals surface area contributed by atoms with Crippen LogP contribution in [0.15, 0.2) is 52.6 Å². The lowest BCUT2D eigenvalue weighted by atomic mass is 10.1. The van der Waals surface area contributed by atoms with E-state index in [1.807, 2.05) is 11.1 Å². The van der Waals surface area contributed by atoms with E-state index in [1.165, 1.54) is 36.2 Å². The molecule has 56 heavy (non-hydrogen) atoms. The van der Waals surface area contributed by atoms with Gasteiger partial charge >= 0.3 is 11.8 Å². The standard InChI is InChI=1S/C38H42N6O10S2/c1-22-16-26-30(19-31(22)52-14-7-15-53-33-18-27-25(17-32(33)51-3)35(45)41-12-5-8-24(41)20-40-27)43(37(47)29-10-6-13-42(29)36(26)46)38(48)54-21-23(2)55-56-34-28(44(49)50)9-4-11-39-34/h4,9,11,16-20,23-24,29,37,47H,5-8,10,12-15,21H2,1-3H3/t23-,24+,29+,37?/m1/s1. The Kier molecular flexibility index (Phi) is 11.9. The van der Waals surface area contributed by atoms with Crippen LogP contribution in [0.5, 0.6) is 17.2 Å². The molecular formula is C38H42N6O10S2. The molecule has 0 radical (unpaired) electrons. The molecule has 2 fully saturated rings. The molecule has 2 aromatic carbocycles. The zero-order valence-electron chi connectivity index (χ0n) is 31.1. The predicted molar refractivity (Wildman–Crippen MR) is 210 cm³/mol. The number of amides is 3. The molecule has 1 N–H and O–H groups in total. The van der Waals surface area contributed by atoms with Crippen molar-refractivity contribution in [2.24, 2.45) is 4.99 Å². The maximum atomic E-state index is 13.8. The molecule has 1 aromatic heterocycles. The van der Waals surface area contributed by atoms with Gasteiger partial charge in [0.05, 0.1) is 59.8 Å². The Bertz CT molecular complexity index is 2050. The highest BCUT2D eigenvalue weighted by molar-refractivity contribution is 8.77. The second-order valence-electron chi connectivity index (χ2n) is 13.8. The Morgan fingerprint density at radius 2 is 1.79 bits per heavy atom. The number of benzene rings is 2. The molecule has 2 saturated heterocycles. The quantitative estimate of drug-likeness (QED) is 0.0894. The molecule has 18 heteroatoms. The van der Waals surface area contributed by atoms with Gasteiger partial charge in [0.15, 0.2) is 22.8 Å². The number of nitrogens with zero attached hydrogens (tertiary/aromatic N) is 6. The topological polar surface area (TPSA) is 186 Å². The van der Waals surface area contributed by atoms with Crippen molar-refractivity contribution in [1.29, 1.82) is 0 Å². The second-order valence-corrected chi connectivity index (χ2v) is 16.5. The van der Waals surface area contributed by atoms with Crippen LogP contribution in [0.4, 0.5) is 21.9 Å². The summed E-state index contributed by atoms with van der Waals surface area (Å²) in [5.74, 6) is 0.920. The van der Waals surface area contributed by atoms with Crippen molar-refractivity contribution >= 4 is 62.8 Å². The van der Waals surface area contributed by atoms with E-state index in [0.29, 0.717) is 66.4 Å². The van der Waals surface area contributed by atoms with Crippen molar-refractivity contribution in [1.82, 2.24) is 14.8 Å². The van der Waals surface area contributed by atoms with Crippen molar-refractivity contribution in [2.75, 3.05) is 44.9 Å². The molecule has 0 spiro atoms. The van der Waals surface area contributed by atoms with E-state index < -0.39 is 23.3 Å². The number of anilines is 1. The highest BCUT2D eigenvalue weighted by atomic mass is 33.1. The first-order valence-corrected chi connectivity index (χ1v) is 20.6. The number of pyridine rings is 1. The number of aromatic nitrogens is 1. The largest absolute Gasteiger partial charge is 0.493 e. The van der Waals surface area contributed by atoms with E-state index in [-0.39, 0.29) is 64.9 Å². The third kappa shape index (κ3) is 7.95. The minimum absolute atomic E-state index is 0.0138. The number of fused-ring (bicyclic) bond motifs is 4. The van der Waals surface area contributed by atoms with Gasteiger partial charge in [-0.3, -0.25) is 24.7 Å². The summed E-state index contributed by atoms with van der Waals surface area (Å²) in [4.78, 5) is 64.9. The maximum Gasteiger partial charge on any atom is 0.416 e. The fraction of sp³-hybridized carbons (Fsp3) is 0.447. The number of aliphatic hydroxyl groups excluding tert-OH is 1. The van der Waals surface area contributed by atoms with E-state index in [9.17, 15) is 29.6 Å². The average molecular weight is 807 g/mol. The molecule has 7 rings (SSSR count). The molecule has 296 valence electrons. The molecule has 4 aliphatic heterocycles. The Morgan fingerprint density at radius 1 is 1.04 bits per heavy atom. The Balaban J connectivity index is 1.02. The fourth-order valence-electron chi connectivity index (χ4n) is 7.28. The normalized spacial score (nSPS) is 20.4. The number of hydrogen-bond acceptors (Lipinski definition) is 14. The molecule has 3 aromatic rings. The minimum Gasteiger partial charge on any atom is -0.493 e. The van der Waals surface area contributed by atoms with Gasteiger partial charge in [-0.1, -0.05) is 10.8 Å². The number of methoxy groups -OCH3 is 1. The van der Waals surface area contributed by atoms with Crippen molar-refractivity contribution in [2.45, 2.75) is 74.5 Å². The van der Waals surface area contributed by atoms with Crippen LogP contribution in [0.25, 0.3) is 0 Å². The van der Waals surface area contributed by atoms with E-state index in [2.05, 4.69) is 9.98 Å². The van der Waals surface area contributed by atoms with Crippen molar-refractivity contribution < 1.29 is 43.4 Å². The van der Waals surface area contributed by atoms with Gasteiger partial charge in [-0.2, -0.15) is 0 Å². The Labute approximate surface area is 331 Å². The van der Waals surface area contributed by atoms with Crippen molar-refractivity contribution in [3.8, 4) is 17.2 Å². The highest BCUT2D eigenvalue weighted by Gasteiger charge is 2.45. The number of ether oxygens (including phenoxy) is 4. The first-order chi connectivity index (χ1) is 27.0. The highest BCUT2D eigenvalue weighted by Crippen LogP contribution is 2.41. The molecule has 4 atom stereocenters. The summed E-state index contributed by atoms with van der Waals surface area (Å²) in [6.07, 6.45) is 4.54. The number of rotatable bonds is 13. The zero-order chi connectivity index (χ0) is 39.5. The van der Waals surface area contributed by atoms with E-state index in [0.717, 1.165) is 28.5 Å². The minimum atomic E-state index is -1.38. The first kappa shape index (κ1) is 39.2. The van der Waals surface area contributed by atoms with Crippen LogP contribution in [0, 0.1) is 17.0 Å².